The molecular weight excluding hydrogens is 366 g/mol. The van der Waals surface area contributed by atoms with Crippen LogP contribution in [0.2, 0.25) is 0 Å². The molecule has 0 spiro atoms. The first-order chi connectivity index (χ1) is 14.1. The zero-order chi connectivity index (χ0) is 20.2. The first-order valence-corrected chi connectivity index (χ1v) is 10.0. The van der Waals surface area contributed by atoms with Crippen molar-refractivity contribution in [2.75, 3.05) is 11.9 Å². The van der Waals surface area contributed by atoms with Crippen molar-refractivity contribution in [3.05, 3.63) is 59.7 Å². The topological polar surface area (TPSA) is 81.9 Å². The fraction of sp³-hybridized carbons (Fsp3) is 0.364. The predicted molar refractivity (Wildman–Crippen MR) is 111 cm³/mol. The van der Waals surface area contributed by atoms with E-state index < -0.39 is 0 Å². The fourth-order valence-electron chi connectivity index (χ4n) is 3.25. The highest BCUT2D eigenvalue weighted by atomic mass is 16.5. The molecule has 2 heterocycles. The molecule has 1 saturated carbocycles. The lowest BCUT2D eigenvalue weighted by Gasteiger charge is -2.10. The van der Waals surface area contributed by atoms with Gasteiger partial charge in [-0.1, -0.05) is 0 Å². The largest absolute Gasteiger partial charge is 0.466 e. The lowest BCUT2D eigenvalue weighted by atomic mass is 10.2. The van der Waals surface area contributed by atoms with Gasteiger partial charge in [0.25, 0.3) is 0 Å². The summed E-state index contributed by atoms with van der Waals surface area (Å²) >= 11 is 0. The predicted octanol–water partition coefficient (Wildman–Crippen LogP) is 4.09. The van der Waals surface area contributed by atoms with Gasteiger partial charge in [0.1, 0.15) is 0 Å². The molecule has 7 nitrogen and oxygen atoms in total. The van der Waals surface area contributed by atoms with Crippen molar-refractivity contribution in [2.24, 2.45) is 0 Å². The third-order valence-corrected chi connectivity index (χ3v) is 4.81. The maximum Gasteiger partial charge on any atom is 0.306 e. The Hall–Kier alpha value is -3.22. The molecule has 0 unspecified atom stereocenters. The van der Waals surface area contributed by atoms with E-state index in [0.29, 0.717) is 31.3 Å². The summed E-state index contributed by atoms with van der Waals surface area (Å²) in [7, 11) is 0. The van der Waals surface area contributed by atoms with Crippen molar-refractivity contribution in [2.45, 2.75) is 45.4 Å². The summed E-state index contributed by atoms with van der Waals surface area (Å²) < 4.78 is 6.80. The van der Waals surface area contributed by atoms with Gasteiger partial charge in [-0.05, 0) is 68.5 Å². The zero-order valence-electron chi connectivity index (χ0n) is 16.8. The van der Waals surface area contributed by atoms with E-state index in [1.807, 2.05) is 43.1 Å². The Labute approximate surface area is 170 Å². The van der Waals surface area contributed by atoms with Crippen LogP contribution in [0.5, 0.6) is 0 Å². The molecule has 1 aliphatic rings. The number of benzene rings is 1. The van der Waals surface area contributed by atoms with Gasteiger partial charge in [-0.2, -0.15) is 5.10 Å². The Morgan fingerprint density at radius 2 is 2.17 bits per heavy atom. The molecule has 150 valence electrons. The van der Waals surface area contributed by atoms with E-state index in [0.717, 1.165) is 28.2 Å². The third kappa shape index (κ3) is 4.99. The van der Waals surface area contributed by atoms with E-state index in [1.54, 1.807) is 6.20 Å². The van der Waals surface area contributed by atoms with Crippen LogP contribution in [-0.4, -0.2) is 32.3 Å². The molecule has 0 bridgehead atoms. The monoisotopic (exact) mass is 391 g/mol. The fourth-order valence-corrected chi connectivity index (χ4v) is 3.25. The van der Waals surface area contributed by atoms with Crippen LogP contribution in [0, 0.1) is 6.92 Å². The second-order valence-corrected chi connectivity index (χ2v) is 7.36. The maximum atomic E-state index is 11.6. The van der Waals surface area contributed by atoms with E-state index in [-0.39, 0.29) is 5.97 Å². The van der Waals surface area contributed by atoms with Crippen molar-refractivity contribution in [3.8, 4) is 5.69 Å². The van der Waals surface area contributed by atoms with Crippen molar-refractivity contribution in [1.29, 1.82) is 0 Å². The number of esters is 1. The molecule has 1 aromatic carbocycles. The van der Waals surface area contributed by atoms with E-state index in [2.05, 4.69) is 32.5 Å². The Morgan fingerprint density at radius 3 is 2.97 bits per heavy atom. The van der Waals surface area contributed by atoms with Crippen LogP contribution in [0.3, 0.4) is 0 Å². The Kier molecular flexibility index (Phi) is 5.55. The molecule has 0 radical (unpaired) electrons. The number of carbonyl (C=O) groups is 1. The van der Waals surface area contributed by atoms with Gasteiger partial charge in [0, 0.05) is 36.1 Å². The van der Waals surface area contributed by atoms with Gasteiger partial charge in [0.05, 0.1) is 18.5 Å². The number of ether oxygens (including phenoxy) is 1. The van der Waals surface area contributed by atoms with Gasteiger partial charge >= 0.3 is 5.97 Å². The SMILES string of the molecule is CCOC(=O)CCc1cnn(-c2cc(C)cc(Nc3nccc(C4CC4)n3)c2)c1. The van der Waals surface area contributed by atoms with Crippen LogP contribution in [-0.2, 0) is 16.0 Å². The normalized spacial score (nSPS) is 13.3. The van der Waals surface area contributed by atoms with E-state index in [9.17, 15) is 4.79 Å². The average molecular weight is 391 g/mol. The molecule has 7 heteroatoms. The first kappa shape index (κ1) is 19.1. The number of nitrogens with one attached hydrogen (secondary N) is 1. The van der Waals surface area contributed by atoms with Crippen LogP contribution >= 0.6 is 0 Å². The summed E-state index contributed by atoms with van der Waals surface area (Å²) in [4.78, 5) is 20.5. The third-order valence-electron chi connectivity index (χ3n) is 4.81. The molecule has 0 atom stereocenters. The van der Waals surface area contributed by atoms with Crippen molar-refractivity contribution in [3.63, 3.8) is 0 Å². The van der Waals surface area contributed by atoms with Gasteiger partial charge in [-0.3, -0.25) is 4.79 Å². The molecule has 1 fully saturated rings. The number of hydrogen-bond donors (Lipinski definition) is 1. The molecule has 1 N–H and O–H groups in total. The van der Waals surface area contributed by atoms with Gasteiger partial charge < -0.3 is 10.1 Å². The second-order valence-electron chi connectivity index (χ2n) is 7.36. The summed E-state index contributed by atoms with van der Waals surface area (Å²) in [5.74, 6) is 1.01. The highest BCUT2D eigenvalue weighted by molar-refractivity contribution is 5.69. The summed E-state index contributed by atoms with van der Waals surface area (Å²) in [5.41, 5.74) is 5.06. The zero-order valence-corrected chi connectivity index (χ0v) is 16.8. The molecular formula is C22H25N5O2. The number of rotatable bonds is 8. The number of nitrogens with zero attached hydrogens (tertiary/aromatic N) is 4. The molecule has 1 aliphatic carbocycles. The maximum absolute atomic E-state index is 11.6. The standard InChI is InChI=1S/C22H25N5O2/c1-3-29-21(28)7-4-16-13-24-27(14-16)19-11-15(2)10-18(12-19)25-22-23-9-8-20(26-22)17-5-6-17/h8-14,17H,3-7H2,1-2H3,(H,23,25,26). The first-order valence-electron chi connectivity index (χ1n) is 10.0. The number of anilines is 2. The van der Waals surface area contributed by atoms with Gasteiger partial charge in [0.15, 0.2) is 0 Å². The van der Waals surface area contributed by atoms with Crippen LogP contribution in [0.15, 0.2) is 42.9 Å². The van der Waals surface area contributed by atoms with Crippen LogP contribution in [0.4, 0.5) is 11.6 Å². The number of carbonyl (C=O) groups excluding carboxylic acids is 1. The van der Waals surface area contributed by atoms with Crippen LogP contribution < -0.4 is 5.32 Å². The second kappa shape index (κ2) is 8.43. The number of hydrogen-bond acceptors (Lipinski definition) is 6. The lowest BCUT2D eigenvalue weighted by Crippen LogP contribution is -2.04. The van der Waals surface area contributed by atoms with Crippen molar-refractivity contribution in [1.82, 2.24) is 19.7 Å². The highest BCUT2D eigenvalue weighted by Gasteiger charge is 2.25. The van der Waals surface area contributed by atoms with E-state index in [1.165, 1.54) is 12.8 Å². The average Bonchev–Trinajstić information content (AvgIpc) is 3.44. The summed E-state index contributed by atoms with van der Waals surface area (Å²) in [6, 6.07) is 8.13. The number of aryl methyl sites for hydroxylation is 2. The van der Waals surface area contributed by atoms with Crippen molar-refractivity contribution >= 4 is 17.6 Å². The molecule has 3 aromatic rings. The Balaban J connectivity index is 1.48. The summed E-state index contributed by atoms with van der Waals surface area (Å²) in [5, 5.41) is 7.77. The number of aromatic nitrogens is 4. The molecule has 0 saturated heterocycles. The molecule has 29 heavy (non-hydrogen) atoms. The molecule has 4 rings (SSSR count). The molecule has 2 aromatic heterocycles. The van der Waals surface area contributed by atoms with Gasteiger partial charge in [-0.25, -0.2) is 14.6 Å². The minimum absolute atomic E-state index is 0.185. The van der Waals surface area contributed by atoms with E-state index >= 15 is 0 Å². The summed E-state index contributed by atoms with van der Waals surface area (Å²) in [6.07, 6.45) is 8.93. The quantitative estimate of drug-likeness (QED) is 0.583. The summed E-state index contributed by atoms with van der Waals surface area (Å²) in [6.45, 7) is 4.26. The minimum atomic E-state index is -0.185. The van der Waals surface area contributed by atoms with Gasteiger partial charge in [-0.15, -0.1) is 0 Å². The van der Waals surface area contributed by atoms with E-state index in [4.69, 9.17) is 4.74 Å². The highest BCUT2D eigenvalue weighted by Crippen LogP contribution is 2.39. The van der Waals surface area contributed by atoms with Gasteiger partial charge in [0.2, 0.25) is 5.95 Å². The Bertz CT molecular complexity index is 1010. The smallest absolute Gasteiger partial charge is 0.306 e. The Morgan fingerprint density at radius 1 is 1.31 bits per heavy atom. The lowest BCUT2D eigenvalue weighted by molar-refractivity contribution is -0.143. The van der Waals surface area contributed by atoms with Crippen LogP contribution in [0.25, 0.3) is 5.69 Å². The minimum Gasteiger partial charge on any atom is -0.466 e. The molecule has 0 amide bonds. The van der Waals surface area contributed by atoms with Crippen molar-refractivity contribution < 1.29 is 9.53 Å². The van der Waals surface area contributed by atoms with Crippen LogP contribution in [0.1, 0.15) is 48.9 Å². The molecule has 0 aliphatic heterocycles.